The molecule has 0 spiro atoms. The number of hydrogen-bond donors (Lipinski definition) is 0. The SMILES string of the molecule is CCC/C=C/CCCCC1CCC(C2CCC(CCc3cc(F)c(OC(F)F)c(F)c3)CC2)CC1. The van der Waals surface area contributed by atoms with Crippen LogP contribution in [0.4, 0.5) is 17.6 Å². The van der Waals surface area contributed by atoms with Crippen molar-refractivity contribution in [3.63, 3.8) is 0 Å². The third-order valence-corrected chi connectivity index (χ3v) is 8.41. The Morgan fingerprint density at radius 3 is 1.89 bits per heavy atom. The molecule has 0 aromatic heterocycles. The van der Waals surface area contributed by atoms with Crippen molar-refractivity contribution in [2.75, 3.05) is 0 Å². The Morgan fingerprint density at radius 2 is 1.34 bits per heavy atom. The molecule has 1 aromatic carbocycles. The van der Waals surface area contributed by atoms with E-state index in [9.17, 15) is 17.6 Å². The average molecular weight is 497 g/mol. The van der Waals surface area contributed by atoms with Crippen LogP contribution in [0.25, 0.3) is 0 Å². The van der Waals surface area contributed by atoms with E-state index in [4.69, 9.17) is 0 Å². The van der Waals surface area contributed by atoms with Crippen molar-refractivity contribution in [3.05, 3.63) is 41.5 Å². The molecular weight excluding hydrogens is 452 g/mol. The minimum atomic E-state index is -3.24. The van der Waals surface area contributed by atoms with Gasteiger partial charge in [0.25, 0.3) is 0 Å². The normalized spacial score (nSPS) is 25.4. The number of rotatable bonds is 13. The average Bonchev–Trinajstić information content (AvgIpc) is 2.85. The molecule has 3 rings (SSSR count). The van der Waals surface area contributed by atoms with Crippen LogP contribution in [0.15, 0.2) is 24.3 Å². The van der Waals surface area contributed by atoms with Gasteiger partial charge in [-0.15, -0.1) is 0 Å². The molecule has 2 aliphatic rings. The molecule has 0 unspecified atom stereocenters. The van der Waals surface area contributed by atoms with Gasteiger partial charge in [-0.2, -0.15) is 8.78 Å². The van der Waals surface area contributed by atoms with Gasteiger partial charge in [0, 0.05) is 0 Å². The predicted molar refractivity (Wildman–Crippen MR) is 135 cm³/mol. The highest BCUT2D eigenvalue weighted by Gasteiger charge is 2.30. The molecule has 2 fully saturated rings. The number of alkyl halides is 2. The second kappa shape index (κ2) is 14.9. The van der Waals surface area contributed by atoms with Gasteiger partial charge in [-0.25, -0.2) is 8.78 Å². The van der Waals surface area contributed by atoms with Gasteiger partial charge >= 0.3 is 6.61 Å². The number of benzene rings is 1. The number of hydrogen-bond acceptors (Lipinski definition) is 1. The minimum Gasteiger partial charge on any atom is -0.429 e. The van der Waals surface area contributed by atoms with E-state index in [0.29, 0.717) is 17.9 Å². The largest absolute Gasteiger partial charge is 0.429 e. The molecule has 2 saturated carbocycles. The highest BCUT2D eigenvalue weighted by Crippen LogP contribution is 2.43. The van der Waals surface area contributed by atoms with Crippen LogP contribution in [0.5, 0.6) is 5.75 Å². The zero-order valence-electron chi connectivity index (χ0n) is 21.4. The number of halogens is 4. The standard InChI is InChI=1S/C30H44F4O/c1-2-3-4-5-6-7-8-9-22-12-16-25(17-13-22)26-18-14-23(15-19-26)10-11-24-20-27(31)29(28(32)21-24)35-30(33)34/h4-5,20-23,25-26,30H,2-3,6-19H2,1H3/b5-4+. The van der Waals surface area contributed by atoms with E-state index < -0.39 is 24.0 Å². The second-order valence-electron chi connectivity index (χ2n) is 10.9. The number of allylic oxidation sites excluding steroid dienone is 2. The zero-order chi connectivity index (χ0) is 25.0. The third kappa shape index (κ3) is 9.46. The van der Waals surface area contributed by atoms with Crippen LogP contribution in [0.2, 0.25) is 0 Å². The molecular formula is C30H44F4O. The summed E-state index contributed by atoms with van der Waals surface area (Å²) in [7, 11) is 0. The van der Waals surface area contributed by atoms with Crippen LogP contribution in [-0.4, -0.2) is 6.61 Å². The van der Waals surface area contributed by atoms with Crippen LogP contribution >= 0.6 is 0 Å². The van der Waals surface area contributed by atoms with Crippen molar-refractivity contribution >= 4 is 0 Å². The van der Waals surface area contributed by atoms with Crippen LogP contribution in [0.3, 0.4) is 0 Å². The summed E-state index contributed by atoms with van der Waals surface area (Å²) in [5.41, 5.74) is 0.513. The lowest BCUT2D eigenvalue weighted by Crippen LogP contribution is -2.26. The smallest absolute Gasteiger partial charge is 0.387 e. The van der Waals surface area contributed by atoms with Crippen molar-refractivity contribution in [1.82, 2.24) is 0 Å². The maximum absolute atomic E-state index is 14.0. The van der Waals surface area contributed by atoms with Gasteiger partial charge in [0.2, 0.25) is 0 Å². The molecule has 0 bridgehead atoms. The minimum absolute atomic E-state index is 0.513. The lowest BCUT2D eigenvalue weighted by Gasteiger charge is -2.38. The summed E-state index contributed by atoms with van der Waals surface area (Å²) in [6.07, 6.45) is 24.4. The summed E-state index contributed by atoms with van der Waals surface area (Å²) in [6.45, 7) is -1.02. The molecule has 0 atom stereocenters. The Balaban J connectivity index is 1.31. The fourth-order valence-electron chi connectivity index (χ4n) is 6.32. The number of unbranched alkanes of at least 4 members (excludes halogenated alkanes) is 3. The third-order valence-electron chi connectivity index (χ3n) is 8.41. The molecule has 0 radical (unpaired) electrons. The first-order valence-corrected chi connectivity index (χ1v) is 14.0. The zero-order valence-corrected chi connectivity index (χ0v) is 21.4. The summed E-state index contributed by atoms with van der Waals surface area (Å²) in [5, 5.41) is 0. The first kappa shape index (κ1) is 28.1. The van der Waals surface area contributed by atoms with E-state index in [-0.39, 0.29) is 0 Å². The fraction of sp³-hybridized carbons (Fsp3) is 0.733. The van der Waals surface area contributed by atoms with Gasteiger partial charge < -0.3 is 4.74 Å². The molecule has 0 saturated heterocycles. The summed E-state index contributed by atoms with van der Waals surface area (Å²) < 4.78 is 56.5. The van der Waals surface area contributed by atoms with E-state index in [0.717, 1.165) is 36.3 Å². The van der Waals surface area contributed by atoms with Gasteiger partial charge in [-0.05, 0) is 99.2 Å². The first-order valence-electron chi connectivity index (χ1n) is 14.0. The van der Waals surface area contributed by atoms with E-state index in [1.165, 1.54) is 89.9 Å². The molecule has 5 heteroatoms. The molecule has 0 N–H and O–H groups in total. The van der Waals surface area contributed by atoms with Crippen LogP contribution in [0, 0.1) is 35.3 Å². The van der Waals surface area contributed by atoms with Crippen molar-refractivity contribution in [1.29, 1.82) is 0 Å². The summed E-state index contributed by atoms with van der Waals surface area (Å²) >= 11 is 0. The molecule has 1 aromatic rings. The highest BCUT2D eigenvalue weighted by atomic mass is 19.3. The Kier molecular flexibility index (Phi) is 11.9. The van der Waals surface area contributed by atoms with Crippen molar-refractivity contribution in [2.45, 2.75) is 116 Å². The quantitative estimate of drug-likeness (QED) is 0.150. The van der Waals surface area contributed by atoms with Gasteiger partial charge in [-0.3, -0.25) is 0 Å². The van der Waals surface area contributed by atoms with E-state index in [1.807, 2.05) is 0 Å². The topological polar surface area (TPSA) is 9.23 Å². The lowest BCUT2D eigenvalue weighted by molar-refractivity contribution is -0.0546. The lowest BCUT2D eigenvalue weighted by atomic mass is 9.68. The van der Waals surface area contributed by atoms with E-state index in [1.54, 1.807) is 0 Å². The Morgan fingerprint density at radius 1 is 0.800 bits per heavy atom. The Labute approximate surface area is 209 Å². The Bertz CT molecular complexity index is 739. The molecule has 0 aliphatic heterocycles. The summed E-state index contributed by atoms with van der Waals surface area (Å²) in [6, 6.07) is 2.27. The van der Waals surface area contributed by atoms with Gasteiger partial charge in [0.05, 0.1) is 0 Å². The second-order valence-corrected chi connectivity index (χ2v) is 10.9. The molecule has 198 valence electrons. The molecule has 35 heavy (non-hydrogen) atoms. The van der Waals surface area contributed by atoms with Gasteiger partial charge in [0.15, 0.2) is 17.4 Å². The van der Waals surface area contributed by atoms with Crippen molar-refractivity contribution in [2.24, 2.45) is 23.7 Å². The van der Waals surface area contributed by atoms with Crippen LogP contribution in [0.1, 0.15) is 109 Å². The van der Waals surface area contributed by atoms with Gasteiger partial charge in [-0.1, -0.05) is 64.0 Å². The summed E-state index contributed by atoms with van der Waals surface area (Å²) in [5.74, 6) is 0.147. The highest BCUT2D eigenvalue weighted by molar-refractivity contribution is 5.31. The molecule has 0 heterocycles. The van der Waals surface area contributed by atoms with Crippen molar-refractivity contribution in [3.8, 4) is 5.75 Å². The molecule has 2 aliphatic carbocycles. The van der Waals surface area contributed by atoms with Crippen LogP contribution < -0.4 is 4.74 Å². The molecule has 0 amide bonds. The van der Waals surface area contributed by atoms with Crippen molar-refractivity contribution < 1.29 is 22.3 Å². The summed E-state index contributed by atoms with van der Waals surface area (Å²) in [4.78, 5) is 0. The fourth-order valence-corrected chi connectivity index (χ4v) is 6.32. The molecule has 1 nitrogen and oxygen atoms in total. The van der Waals surface area contributed by atoms with Crippen LogP contribution in [-0.2, 0) is 6.42 Å². The van der Waals surface area contributed by atoms with E-state index >= 15 is 0 Å². The maximum atomic E-state index is 14.0. The Hall–Kier alpha value is -1.52. The maximum Gasteiger partial charge on any atom is 0.387 e. The van der Waals surface area contributed by atoms with E-state index in [2.05, 4.69) is 23.8 Å². The first-order chi connectivity index (χ1) is 17.0. The van der Waals surface area contributed by atoms with Gasteiger partial charge in [0.1, 0.15) is 0 Å². The number of aryl methyl sites for hydroxylation is 1. The number of ether oxygens (including phenoxy) is 1. The predicted octanol–water partition coefficient (Wildman–Crippen LogP) is 10.0. The monoisotopic (exact) mass is 496 g/mol.